The highest BCUT2D eigenvalue weighted by molar-refractivity contribution is 5.49. The highest BCUT2D eigenvalue weighted by Gasteiger charge is 2.09. The monoisotopic (exact) mass is 247 g/mol. The third kappa shape index (κ3) is 2.45. The largest absolute Gasteiger partial charge is 0.481 e. The molecule has 2 rings (SSSR count). The van der Waals surface area contributed by atoms with E-state index < -0.39 is 0 Å². The van der Waals surface area contributed by atoms with Crippen LogP contribution in [0.5, 0.6) is 5.88 Å². The van der Waals surface area contributed by atoms with E-state index in [0.717, 1.165) is 28.4 Å². The quantitative estimate of drug-likeness (QED) is 0.899. The average molecular weight is 247 g/mol. The maximum atomic E-state index is 5.12. The van der Waals surface area contributed by atoms with Gasteiger partial charge in [-0.05, 0) is 26.8 Å². The van der Waals surface area contributed by atoms with Crippen molar-refractivity contribution >= 4 is 5.69 Å². The predicted octanol–water partition coefficient (Wildman–Crippen LogP) is 2.62. The van der Waals surface area contributed by atoms with Crippen molar-refractivity contribution in [3.8, 4) is 5.88 Å². The highest BCUT2D eigenvalue weighted by Crippen LogP contribution is 2.19. The number of rotatable bonds is 4. The fourth-order valence-electron chi connectivity index (χ4n) is 1.78. The van der Waals surface area contributed by atoms with Gasteiger partial charge < -0.3 is 14.6 Å². The summed E-state index contributed by atoms with van der Waals surface area (Å²) in [5, 5.41) is 7.26. The minimum atomic E-state index is 0.621. The second-order valence-corrected chi connectivity index (χ2v) is 4.14. The predicted molar refractivity (Wildman–Crippen MR) is 68.8 cm³/mol. The van der Waals surface area contributed by atoms with Gasteiger partial charge in [0.15, 0.2) is 0 Å². The van der Waals surface area contributed by atoms with Gasteiger partial charge in [-0.2, -0.15) is 0 Å². The first-order chi connectivity index (χ1) is 8.61. The van der Waals surface area contributed by atoms with Gasteiger partial charge >= 0.3 is 0 Å². The average Bonchev–Trinajstić information content (AvgIpc) is 2.68. The minimum absolute atomic E-state index is 0.621. The van der Waals surface area contributed by atoms with E-state index in [2.05, 4.69) is 15.5 Å². The first-order valence-corrected chi connectivity index (χ1v) is 5.79. The highest BCUT2D eigenvalue weighted by atomic mass is 16.5. The maximum Gasteiger partial charge on any atom is 0.213 e. The molecule has 0 aliphatic carbocycles. The van der Waals surface area contributed by atoms with E-state index in [4.69, 9.17) is 9.26 Å². The number of aromatic nitrogens is 2. The van der Waals surface area contributed by atoms with Gasteiger partial charge in [0.25, 0.3) is 0 Å². The summed E-state index contributed by atoms with van der Waals surface area (Å²) in [5.41, 5.74) is 3.89. The van der Waals surface area contributed by atoms with Crippen molar-refractivity contribution in [3.63, 3.8) is 0 Å². The van der Waals surface area contributed by atoms with Crippen molar-refractivity contribution in [1.82, 2.24) is 10.1 Å². The molecular formula is C13H17N3O2. The van der Waals surface area contributed by atoms with Crippen molar-refractivity contribution in [3.05, 3.63) is 34.8 Å². The van der Waals surface area contributed by atoms with Crippen molar-refractivity contribution < 1.29 is 9.26 Å². The summed E-state index contributed by atoms with van der Waals surface area (Å²) in [6, 6.07) is 3.79. The zero-order valence-corrected chi connectivity index (χ0v) is 11.1. The standard InChI is InChI=1S/C13H17N3O2/c1-8-11(10(3)18-16-8)7-14-12-5-6-13(17-4)15-9(12)2/h5-6,14H,7H2,1-4H3. The van der Waals surface area contributed by atoms with Gasteiger partial charge in [-0.15, -0.1) is 0 Å². The van der Waals surface area contributed by atoms with E-state index in [0.29, 0.717) is 12.4 Å². The molecule has 0 aliphatic rings. The Labute approximate surface area is 106 Å². The SMILES string of the molecule is COc1ccc(NCc2c(C)noc2C)c(C)n1. The molecule has 0 spiro atoms. The van der Waals surface area contributed by atoms with Gasteiger partial charge in [-0.1, -0.05) is 5.16 Å². The van der Waals surface area contributed by atoms with Gasteiger partial charge in [0, 0.05) is 18.2 Å². The summed E-state index contributed by atoms with van der Waals surface area (Å²) in [6.07, 6.45) is 0. The fourth-order valence-corrected chi connectivity index (χ4v) is 1.78. The second-order valence-electron chi connectivity index (χ2n) is 4.14. The zero-order valence-electron chi connectivity index (χ0n) is 11.1. The zero-order chi connectivity index (χ0) is 13.1. The molecule has 2 heterocycles. The van der Waals surface area contributed by atoms with Crippen molar-refractivity contribution in [1.29, 1.82) is 0 Å². The van der Waals surface area contributed by atoms with Gasteiger partial charge in [0.2, 0.25) is 5.88 Å². The van der Waals surface area contributed by atoms with Gasteiger partial charge in [-0.3, -0.25) is 0 Å². The molecule has 5 nitrogen and oxygen atoms in total. The number of anilines is 1. The topological polar surface area (TPSA) is 60.2 Å². The molecule has 0 saturated carbocycles. The van der Waals surface area contributed by atoms with Crippen LogP contribution in [-0.2, 0) is 6.54 Å². The third-order valence-corrected chi connectivity index (χ3v) is 2.91. The van der Waals surface area contributed by atoms with E-state index in [9.17, 15) is 0 Å². The van der Waals surface area contributed by atoms with E-state index in [1.165, 1.54) is 0 Å². The Balaban J connectivity index is 2.11. The number of nitrogens with zero attached hydrogens (tertiary/aromatic N) is 2. The molecule has 18 heavy (non-hydrogen) atoms. The molecule has 0 bridgehead atoms. The number of hydrogen-bond donors (Lipinski definition) is 1. The lowest BCUT2D eigenvalue weighted by molar-refractivity contribution is 0.392. The normalized spacial score (nSPS) is 10.4. The summed E-state index contributed by atoms with van der Waals surface area (Å²) in [7, 11) is 1.61. The lowest BCUT2D eigenvalue weighted by atomic mass is 10.2. The van der Waals surface area contributed by atoms with Crippen molar-refractivity contribution in [2.75, 3.05) is 12.4 Å². The van der Waals surface area contributed by atoms with Crippen LogP contribution in [0, 0.1) is 20.8 Å². The number of hydrogen-bond acceptors (Lipinski definition) is 5. The molecule has 0 aliphatic heterocycles. The Morgan fingerprint density at radius 1 is 1.22 bits per heavy atom. The summed E-state index contributed by atoms with van der Waals surface area (Å²) in [6.45, 7) is 6.47. The van der Waals surface area contributed by atoms with Crippen LogP contribution in [0.2, 0.25) is 0 Å². The molecule has 0 radical (unpaired) electrons. The smallest absolute Gasteiger partial charge is 0.213 e. The van der Waals surface area contributed by atoms with Crippen molar-refractivity contribution in [2.45, 2.75) is 27.3 Å². The Kier molecular flexibility index (Phi) is 3.50. The molecule has 0 amide bonds. The third-order valence-electron chi connectivity index (χ3n) is 2.91. The first-order valence-electron chi connectivity index (χ1n) is 5.79. The Hall–Kier alpha value is -2.04. The molecule has 96 valence electrons. The van der Waals surface area contributed by atoms with Gasteiger partial charge in [0.1, 0.15) is 5.76 Å². The summed E-state index contributed by atoms with van der Waals surface area (Å²) >= 11 is 0. The molecular weight excluding hydrogens is 230 g/mol. The van der Waals surface area contributed by atoms with E-state index >= 15 is 0 Å². The van der Waals surface area contributed by atoms with Crippen LogP contribution in [0.3, 0.4) is 0 Å². The van der Waals surface area contributed by atoms with Gasteiger partial charge in [0.05, 0.1) is 24.2 Å². The van der Waals surface area contributed by atoms with Crippen LogP contribution in [0.25, 0.3) is 0 Å². The number of ether oxygens (including phenoxy) is 1. The Morgan fingerprint density at radius 3 is 2.56 bits per heavy atom. The lowest BCUT2D eigenvalue weighted by Gasteiger charge is -2.09. The molecule has 1 N–H and O–H groups in total. The Bertz CT molecular complexity index is 530. The molecule has 0 fully saturated rings. The molecule has 0 saturated heterocycles. The van der Waals surface area contributed by atoms with Crippen LogP contribution < -0.4 is 10.1 Å². The number of pyridine rings is 1. The maximum absolute atomic E-state index is 5.12. The van der Waals surface area contributed by atoms with Crippen LogP contribution in [0.4, 0.5) is 5.69 Å². The van der Waals surface area contributed by atoms with Crippen LogP contribution in [0.1, 0.15) is 22.7 Å². The van der Waals surface area contributed by atoms with E-state index in [1.54, 1.807) is 7.11 Å². The molecule has 0 atom stereocenters. The fraction of sp³-hybridized carbons (Fsp3) is 0.385. The lowest BCUT2D eigenvalue weighted by Crippen LogP contribution is -2.04. The number of aryl methyl sites for hydroxylation is 3. The number of nitrogens with one attached hydrogen (secondary N) is 1. The van der Waals surface area contributed by atoms with Crippen LogP contribution >= 0.6 is 0 Å². The van der Waals surface area contributed by atoms with Crippen molar-refractivity contribution in [2.24, 2.45) is 0 Å². The number of methoxy groups -OCH3 is 1. The summed E-state index contributed by atoms with van der Waals surface area (Å²) in [4.78, 5) is 4.31. The van der Waals surface area contributed by atoms with E-state index in [-0.39, 0.29) is 0 Å². The Morgan fingerprint density at radius 2 is 2.00 bits per heavy atom. The molecule has 0 unspecified atom stereocenters. The minimum Gasteiger partial charge on any atom is -0.481 e. The summed E-state index contributed by atoms with van der Waals surface area (Å²) in [5.74, 6) is 1.47. The van der Waals surface area contributed by atoms with Crippen LogP contribution in [-0.4, -0.2) is 17.3 Å². The molecule has 5 heteroatoms. The second kappa shape index (κ2) is 5.08. The van der Waals surface area contributed by atoms with Gasteiger partial charge in [-0.25, -0.2) is 4.98 Å². The van der Waals surface area contributed by atoms with E-state index in [1.807, 2.05) is 32.9 Å². The molecule has 2 aromatic heterocycles. The van der Waals surface area contributed by atoms with Crippen LogP contribution in [0.15, 0.2) is 16.7 Å². The summed E-state index contributed by atoms with van der Waals surface area (Å²) < 4.78 is 10.2. The molecule has 0 aromatic carbocycles. The first kappa shape index (κ1) is 12.4. The molecule has 2 aromatic rings.